The Morgan fingerprint density at radius 3 is 2.25 bits per heavy atom. The van der Waals surface area contributed by atoms with E-state index in [9.17, 15) is 21.6 Å². The molecule has 1 atom stereocenters. The van der Waals surface area contributed by atoms with E-state index in [2.05, 4.69) is 4.74 Å². The summed E-state index contributed by atoms with van der Waals surface area (Å²) in [6.45, 7) is 0.0833. The molecule has 7 heteroatoms. The van der Waals surface area contributed by atoms with Gasteiger partial charge in [-0.25, -0.2) is 8.42 Å². The largest absolute Gasteiger partial charge is 0.499 e. The molecule has 0 saturated carbocycles. The standard InChI is InChI=1S/C5H7F3O3S/c6-5(7,8)12(9,10)4-2-1-3-11-4/h4H,1-3H2. The minimum Gasteiger partial charge on any atom is -0.362 e. The lowest BCUT2D eigenvalue weighted by atomic mass is 10.4. The highest BCUT2D eigenvalue weighted by atomic mass is 32.2. The zero-order valence-corrected chi connectivity index (χ0v) is 6.78. The summed E-state index contributed by atoms with van der Waals surface area (Å²) >= 11 is 0. The Morgan fingerprint density at radius 1 is 1.33 bits per heavy atom. The van der Waals surface area contributed by atoms with Crippen molar-refractivity contribution in [2.45, 2.75) is 23.8 Å². The first kappa shape index (κ1) is 9.79. The highest BCUT2D eigenvalue weighted by Crippen LogP contribution is 2.31. The summed E-state index contributed by atoms with van der Waals surface area (Å²) in [6, 6.07) is 0. The fraction of sp³-hybridized carbons (Fsp3) is 1.00. The Labute approximate surface area is 67.4 Å². The van der Waals surface area contributed by atoms with Crippen LogP contribution in [0.3, 0.4) is 0 Å². The van der Waals surface area contributed by atoms with Crippen LogP contribution in [-0.2, 0) is 14.6 Å². The summed E-state index contributed by atoms with van der Waals surface area (Å²) in [7, 11) is -5.10. The molecule has 0 aromatic heterocycles. The zero-order chi connectivity index (χ0) is 9.41. The van der Waals surface area contributed by atoms with E-state index >= 15 is 0 Å². The molecule has 1 heterocycles. The molecule has 0 aromatic carbocycles. The first-order valence-corrected chi connectivity index (χ1v) is 4.82. The molecular formula is C5H7F3O3S. The van der Waals surface area contributed by atoms with E-state index in [-0.39, 0.29) is 13.0 Å². The number of sulfone groups is 1. The van der Waals surface area contributed by atoms with Crippen molar-refractivity contribution < 1.29 is 26.3 Å². The molecule has 1 rings (SSSR count). The van der Waals surface area contributed by atoms with Crippen LogP contribution < -0.4 is 0 Å². The predicted molar refractivity (Wildman–Crippen MR) is 33.9 cm³/mol. The van der Waals surface area contributed by atoms with Crippen LogP contribution in [0.5, 0.6) is 0 Å². The maximum atomic E-state index is 11.8. The molecule has 1 aliphatic rings. The predicted octanol–water partition coefficient (Wildman–Crippen LogP) is 1.06. The van der Waals surface area contributed by atoms with Crippen LogP contribution in [0.4, 0.5) is 13.2 Å². The van der Waals surface area contributed by atoms with Gasteiger partial charge < -0.3 is 4.74 Å². The molecule has 0 N–H and O–H groups in total. The van der Waals surface area contributed by atoms with Gasteiger partial charge in [0.15, 0.2) is 5.44 Å². The van der Waals surface area contributed by atoms with E-state index in [4.69, 9.17) is 0 Å². The van der Waals surface area contributed by atoms with Gasteiger partial charge in [0.2, 0.25) is 0 Å². The topological polar surface area (TPSA) is 43.4 Å². The molecule has 0 aliphatic carbocycles. The lowest BCUT2D eigenvalue weighted by molar-refractivity contribution is -0.0482. The number of alkyl halides is 3. The lowest BCUT2D eigenvalue weighted by Crippen LogP contribution is -2.33. The third kappa shape index (κ3) is 1.56. The maximum absolute atomic E-state index is 11.8. The van der Waals surface area contributed by atoms with E-state index in [0.29, 0.717) is 6.42 Å². The Bertz CT molecular complexity index is 250. The second-order valence-electron chi connectivity index (χ2n) is 2.43. The van der Waals surface area contributed by atoms with Crippen molar-refractivity contribution in [1.29, 1.82) is 0 Å². The van der Waals surface area contributed by atoms with Crippen LogP contribution in [0.1, 0.15) is 12.8 Å². The second kappa shape index (κ2) is 2.88. The molecule has 1 fully saturated rings. The molecule has 0 aromatic rings. The van der Waals surface area contributed by atoms with Crippen LogP contribution in [0.25, 0.3) is 0 Å². The van der Waals surface area contributed by atoms with E-state index in [1.54, 1.807) is 0 Å². The third-order valence-corrected chi connectivity index (χ3v) is 3.27. The fourth-order valence-electron chi connectivity index (χ4n) is 0.942. The number of halogens is 3. The molecule has 0 bridgehead atoms. The smallest absolute Gasteiger partial charge is 0.362 e. The summed E-state index contributed by atoms with van der Waals surface area (Å²) in [6.07, 6.45) is 0.293. The molecular weight excluding hydrogens is 197 g/mol. The van der Waals surface area contributed by atoms with E-state index in [1.165, 1.54) is 0 Å². The molecule has 1 aliphatic heterocycles. The monoisotopic (exact) mass is 204 g/mol. The molecule has 0 spiro atoms. The van der Waals surface area contributed by atoms with E-state index in [0.717, 1.165) is 0 Å². The van der Waals surface area contributed by atoms with Crippen LogP contribution in [0, 0.1) is 0 Å². The Balaban J connectivity index is 2.85. The van der Waals surface area contributed by atoms with Gasteiger partial charge >= 0.3 is 5.51 Å². The van der Waals surface area contributed by atoms with E-state index < -0.39 is 20.8 Å². The van der Waals surface area contributed by atoms with Gasteiger partial charge in [-0.05, 0) is 12.8 Å². The van der Waals surface area contributed by atoms with Gasteiger partial charge in [0.1, 0.15) is 0 Å². The van der Waals surface area contributed by atoms with Gasteiger partial charge in [-0.3, -0.25) is 0 Å². The van der Waals surface area contributed by atoms with Gasteiger partial charge in [-0.2, -0.15) is 13.2 Å². The van der Waals surface area contributed by atoms with Gasteiger partial charge in [-0.1, -0.05) is 0 Å². The average molecular weight is 204 g/mol. The minimum atomic E-state index is -5.19. The van der Waals surface area contributed by atoms with Crippen LogP contribution >= 0.6 is 0 Å². The summed E-state index contributed by atoms with van der Waals surface area (Å²) < 4.78 is 61.1. The summed E-state index contributed by atoms with van der Waals surface area (Å²) in [5.74, 6) is 0. The SMILES string of the molecule is O=S(=O)(C1CCCO1)C(F)(F)F. The molecule has 72 valence electrons. The van der Waals surface area contributed by atoms with Crippen molar-refractivity contribution in [2.75, 3.05) is 6.61 Å². The van der Waals surface area contributed by atoms with Gasteiger partial charge in [0.05, 0.1) is 0 Å². The first-order chi connectivity index (χ1) is 5.36. The normalized spacial score (nSPS) is 26.1. The van der Waals surface area contributed by atoms with Crippen LogP contribution in [0.2, 0.25) is 0 Å². The molecule has 0 amide bonds. The summed E-state index contributed by atoms with van der Waals surface area (Å²) in [5, 5.41) is 0. The van der Waals surface area contributed by atoms with Gasteiger partial charge in [-0.15, -0.1) is 0 Å². The quantitative estimate of drug-likeness (QED) is 0.641. The fourth-order valence-corrected chi connectivity index (χ4v) is 1.99. The Kier molecular flexibility index (Phi) is 2.35. The van der Waals surface area contributed by atoms with Crippen molar-refractivity contribution in [1.82, 2.24) is 0 Å². The summed E-state index contributed by atoms with van der Waals surface area (Å²) in [4.78, 5) is 0. The average Bonchev–Trinajstić information content (AvgIpc) is 2.34. The van der Waals surface area contributed by atoms with Gasteiger partial charge in [0, 0.05) is 6.61 Å². The van der Waals surface area contributed by atoms with Crippen molar-refractivity contribution in [2.24, 2.45) is 0 Å². The molecule has 3 nitrogen and oxygen atoms in total. The zero-order valence-electron chi connectivity index (χ0n) is 5.97. The van der Waals surface area contributed by atoms with Gasteiger partial charge in [0.25, 0.3) is 9.84 Å². The lowest BCUT2D eigenvalue weighted by Gasteiger charge is -2.12. The van der Waals surface area contributed by atoms with Crippen molar-refractivity contribution in [3.05, 3.63) is 0 Å². The molecule has 0 radical (unpaired) electrons. The van der Waals surface area contributed by atoms with Crippen molar-refractivity contribution in [3.63, 3.8) is 0 Å². The molecule has 1 saturated heterocycles. The highest BCUT2D eigenvalue weighted by Gasteiger charge is 2.52. The minimum absolute atomic E-state index is 0.0676. The van der Waals surface area contributed by atoms with Crippen LogP contribution in [-0.4, -0.2) is 26.0 Å². The molecule has 12 heavy (non-hydrogen) atoms. The molecule has 1 unspecified atom stereocenters. The number of rotatable bonds is 1. The number of ether oxygens (including phenoxy) is 1. The first-order valence-electron chi connectivity index (χ1n) is 3.27. The van der Waals surface area contributed by atoms with E-state index in [1.807, 2.05) is 0 Å². The Hall–Kier alpha value is -0.300. The Morgan fingerprint density at radius 2 is 1.92 bits per heavy atom. The number of hydrogen-bond acceptors (Lipinski definition) is 3. The highest BCUT2D eigenvalue weighted by molar-refractivity contribution is 7.92. The van der Waals surface area contributed by atoms with Crippen molar-refractivity contribution in [3.8, 4) is 0 Å². The maximum Gasteiger partial charge on any atom is 0.499 e. The summed E-state index contributed by atoms with van der Waals surface area (Å²) in [5.41, 5.74) is -6.88. The third-order valence-electron chi connectivity index (χ3n) is 1.56. The van der Waals surface area contributed by atoms with Crippen molar-refractivity contribution >= 4 is 9.84 Å². The number of hydrogen-bond donors (Lipinski definition) is 0. The second-order valence-corrected chi connectivity index (χ2v) is 4.51. The van der Waals surface area contributed by atoms with Crippen LogP contribution in [0.15, 0.2) is 0 Å².